The first kappa shape index (κ1) is 19.2. The Bertz CT molecular complexity index is 923. The zero-order valence-electron chi connectivity index (χ0n) is 13.9. The normalized spacial score (nSPS) is 11.9. The highest BCUT2D eigenvalue weighted by molar-refractivity contribution is 7.92. The number of para-hydroxylation sites is 1. The zero-order valence-corrected chi connectivity index (χ0v) is 15.5. The van der Waals surface area contributed by atoms with E-state index < -0.39 is 20.0 Å². The van der Waals surface area contributed by atoms with Gasteiger partial charge in [-0.2, -0.15) is 0 Å². The van der Waals surface area contributed by atoms with Gasteiger partial charge < -0.3 is 4.74 Å². The molecule has 2 rings (SSSR count). The number of ether oxygens (including phenoxy) is 1. The second-order valence-corrected chi connectivity index (χ2v) is 8.60. The van der Waals surface area contributed by atoms with Crippen molar-refractivity contribution >= 4 is 25.7 Å². The Labute approximate surface area is 148 Å². The number of rotatable bonds is 8. The summed E-state index contributed by atoms with van der Waals surface area (Å²) in [6.45, 7) is 2.20. The van der Waals surface area contributed by atoms with Gasteiger partial charge in [-0.15, -0.1) is 0 Å². The molecule has 0 saturated carbocycles. The van der Waals surface area contributed by atoms with Gasteiger partial charge in [-0.1, -0.05) is 19.1 Å². The maximum atomic E-state index is 12.5. The molecule has 2 aromatic rings. The van der Waals surface area contributed by atoms with Crippen LogP contribution >= 0.6 is 0 Å². The summed E-state index contributed by atoms with van der Waals surface area (Å²) < 4.78 is 58.9. The summed E-state index contributed by atoms with van der Waals surface area (Å²) >= 11 is 0. The molecule has 0 heterocycles. The molecule has 9 heteroatoms. The third-order valence-electron chi connectivity index (χ3n) is 3.32. The van der Waals surface area contributed by atoms with E-state index in [-0.39, 0.29) is 21.2 Å². The van der Waals surface area contributed by atoms with E-state index in [9.17, 15) is 16.8 Å². The van der Waals surface area contributed by atoms with Crippen molar-refractivity contribution in [1.82, 2.24) is 4.72 Å². The molecule has 2 aromatic carbocycles. The van der Waals surface area contributed by atoms with Gasteiger partial charge in [-0.25, -0.2) is 21.6 Å². The molecule has 0 radical (unpaired) electrons. The molecule has 0 aliphatic rings. The minimum atomic E-state index is -3.86. The fourth-order valence-corrected chi connectivity index (χ4v) is 4.44. The van der Waals surface area contributed by atoms with Crippen LogP contribution in [0.1, 0.15) is 13.3 Å². The average Bonchev–Trinajstić information content (AvgIpc) is 2.60. The van der Waals surface area contributed by atoms with E-state index in [0.29, 0.717) is 13.0 Å². The number of hydrogen-bond donors (Lipinski definition) is 2. The van der Waals surface area contributed by atoms with Gasteiger partial charge in [-0.05, 0) is 42.8 Å². The highest BCUT2D eigenvalue weighted by Gasteiger charge is 2.19. The quantitative estimate of drug-likeness (QED) is 0.726. The van der Waals surface area contributed by atoms with Gasteiger partial charge in [0.05, 0.1) is 12.0 Å². The first-order chi connectivity index (χ1) is 11.8. The third-order valence-corrected chi connectivity index (χ3v) is 6.22. The summed E-state index contributed by atoms with van der Waals surface area (Å²) in [6, 6.07) is 11.7. The lowest BCUT2D eigenvalue weighted by molar-refractivity contribution is 0.403. The molecular weight excluding hydrogens is 364 g/mol. The van der Waals surface area contributed by atoms with Crippen molar-refractivity contribution in [2.75, 3.05) is 18.4 Å². The smallest absolute Gasteiger partial charge is 0.265 e. The molecule has 2 N–H and O–H groups in total. The Morgan fingerprint density at radius 3 is 2.16 bits per heavy atom. The van der Waals surface area contributed by atoms with Crippen molar-refractivity contribution < 1.29 is 21.6 Å². The highest BCUT2D eigenvalue weighted by atomic mass is 32.2. The van der Waals surface area contributed by atoms with Gasteiger partial charge >= 0.3 is 0 Å². The molecule has 0 aliphatic carbocycles. The van der Waals surface area contributed by atoms with Crippen molar-refractivity contribution in [3.63, 3.8) is 0 Å². The lowest BCUT2D eigenvalue weighted by Gasteiger charge is -2.12. The molecule has 0 atom stereocenters. The first-order valence-corrected chi connectivity index (χ1v) is 10.5. The lowest BCUT2D eigenvalue weighted by Crippen LogP contribution is -2.24. The molecule has 0 unspecified atom stereocenters. The fourth-order valence-electron chi connectivity index (χ4n) is 2.07. The van der Waals surface area contributed by atoms with Crippen molar-refractivity contribution in [3.05, 3.63) is 48.5 Å². The standard InChI is InChI=1S/C16H20N2O5S2/c1-3-12-17-24(19,20)14-10-8-13(9-11-14)18-25(21,22)16-7-5-4-6-15(16)23-2/h4-11,17-18H,3,12H2,1-2H3. The minimum absolute atomic E-state index is 0.00110. The Hall–Kier alpha value is -2.10. The van der Waals surface area contributed by atoms with Crippen LogP contribution < -0.4 is 14.2 Å². The summed E-state index contributed by atoms with van der Waals surface area (Å²) in [5, 5.41) is 0. The maximum absolute atomic E-state index is 12.5. The van der Waals surface area contributed by atoms with E-state index in [1.54, 1.807) is 18.2 Å². The Morgan fingerprint density at radius 1 is 0.920 bits per heavy atom. The molecular formula is C16H20N2O5S2. The Kier molecular flexibility index (Phi) is 6.04. The summed E-state index contributed by atoms with van der Waals surface area (Å²) in [6.07, 6.45) is 0.677. The van der Waals surface area contributed by atoms with Crippen LogP contribution in [0.25, 0.3) is 0 Å². The number of hydrogen-bond acceptors (Lipinski definition) is 5. The molecule has 0 spiro atoms. The molecule has 7 nitrogen and oxygen atoms in total. The molecule has 0 saturated heterocycles. The van der Waals surface area contributed by atoms with E-state index in [1.807, 2.05) is 6.92 Å². The van der Waals surface area contributed by atoms with Gasteiger partial charge in [0.1, 0.15) is 10.6 Å². The topological polar surface area (TPSA) is 102 Å². The van der Waals surface area contributed by atoms with Crippen LogP contribution in [0.4, 0.5) is 5.69 Å². The van der Waals surface area contributed by atoms with Crippen molar-refractivity contribution in [1.29, 1.82) is 0 Å². The van der Waals surface area contributed by atoms with Crippen LogP contribution in [0.5, 0.6) is 5.75 Å². The molecule has 25 heavy (non-hydrogen) atoms. The van der Waals surface area contributed by atoms with Crippen molar-refractivity contribution in [3.8, 4) is 5.75 Å². The fraction of sp³-hybridized carbons (Fsp3) is 0.250. The Balaban J connectivity index is 2.24. The molecule has 0 bridgehead atoms. The van der Waals surface area contributed by atoms with Gasteiger partial charge in [-0.3, -0.25) is 4.72 Å². The SMILES string of the molecule is CCCNS(=O)(=O)c1ccc(NS(=O)(=O)c2ccccc2OC)cc1. The lowest BCUT2D eigenvalue weighted by atomic mass is 10.3. The molecule has 0 aromatic heterocycles. The van der Waals surface area contributed by atoms with Crippen LogP contribution in [0.15, 0.2) is 58.3 Å². The Morgan fingerprint density at radius 2 is 1.56 bits per heavy atom. The average molecular weight is 384 g/mol. The van der Waals surface area contributed by atoms with Gasteiger partial charge in [0.15, 0.2) is 0 Å². The van der Waals surface area contributed by atoms with Crippen LogP contribution in [-0.2, 0) is 20.0 Å². The number of nitrogens with one attached hydrogen (secondary N) is 2. The van der Waals surface area contributed by atoms with E-state index in [0.717, 1.165) is 0 Å². The van der Waals surface area contributed by atoms with Gasteiger partial charge in [0, 0.05) is 12.2 Å². The third kappa shape index (κ3) is 4.71. The zero-order chi connectivity index (χ0) is 18.5. The van der Waals surface area contributed by atoms with E-state index in [4.69, 9.17) is 4.74 Å². The summed E-state index contributed by atoms with van der Waals surface area (Å²) in [5.74, 6) is 0.220. The monoisotopic (exact) mass is 384 g/mol. The summed E-state index contributed by atoms with van der Waals surface area (Å²) in [4.78, 5) is 0.0694. The second-order valence-electron chi connectivity index (χ2n) is 5.18. The van der Waals surface area contributed by atoms with Crippen molar-refractivity contribution in [2.45, 2.75) is 23.1 Å². The van der Waals surface area contributed by atoms with Crippen LogP contribution in [0.2, 0.25) is 0 Å². The van der Waals surface area contributed by atoms with Crippen LogP contribution in [-0.4, -0.2) is 30.5 Å². The van der Waals surface area contributed by atoms with Crippen LogP contribution in [0, 0.1) is 0 Å². The summed E-state index contributed by atoms with van der Waals surface area (Å²) in [5.41, 5.74) is 0.250. The number of anilines is 1. The maximum Gasteiger partial charge on any atom is 0.265 e. The predicted molar refractivity (Wildman–Crippen MR) is 95.7 cm³/mol. The first-order valence-electron chi connectivity index (χ1n) is 7.55. The van der Waals surface area contributed by atoms with Gasteiger partial charge in [0.25, 0.3) is 10.0 Å². The molecule has 0 fully saturated rings. The van der Waals surface area contributed by atoms with Crippen LogP contribution in [0.3, 0.4) is 0 Å². The number of benzene rings is 2. The highest BCUT2D eigenvalue weighted by Crippen LogP contribution is 2.25. The molecule has 136 valence electrons. The number of sulfonamides is 2. The largest absolute Gasteiger partial charge is 0.495 e. The number of methoxy groups -OCH3 is 1. The predicted octanol–water partition coefficient (Wildman–Crippen LogP) is 2.18. The minimum Gasteiger partial charge on any atom is -0.495 e. The summed E-state index contributed by atoms with van der Waals surface area (Å²) in [7, 11) is -6.07. The second kappa shape index (κ2) is 7.85. The molecule has 0 amide bonds. The van der Waals surface area contributed by atoms with E-state index >= 15 is 0 Å². The van der Waals surface area contributed by atoms with Gasteiger partial charge in [0.2, 0.25) is 10.0 Å². The van der Waals surface area contributed by atoms with Crippen molar-refractivity contribution in [2.24, 2.45) is 0 Å². The van der Waals surface area contributed by atoms with E-state index in [2.05, 4.69) is 9.44 Å². The van der Waals surface area contributed by atoms with E-state index in [1.165, 1.54) is 37.4 Å². The molecule has 0 aliphatic heterocycles.